The van der Waals surface area contributed by atoms with E-state index in [9.17, 15) is 9.59 Å². The minimum atomic E-state index is -1.19. The summed E-state index contributed by atoms with van der Waals surface area (Å²) >= 11 is 0. The molecule has 16 heavy (non-hydrogen) atoms. The molecule has 2 N–H and O–H groups in total. The van der Waals surface area contributed by atoms with Gasteiger partial charge in [-0.1, -0.05) is 26.7 Å². The van der Waals surface area contributed by atoms with Gasteiger partial charge in [-0.2, -0.15) is 0 Å². The maximum absolute atomic E-state index is 10.3. The summed E-state index contributed by atoms with van der Waals surface area (Å²) in [5.41, 5.74) is -0.259. The molecule has 0 aliphatic carbocycles. The van der Waals surface area contributed by atoms with E-state index in [2.05, 4.69) is 18.8 Å². The van der Waals surface area contributed by atoms with Crippen molar-refractivity contribution < 1.29 is 19.8 Å². The van der Waals surface area contributed by atoms with Gasteiger partial charge in [-0.25, -0.2) is 9.59 Å². The number of hydrogen-bond acceptors (Lipinski definition) is 3. The zero-order chi connectivity index (χ0) is 12.6. The van der Waals surface area contributed by atoms with E-state index in [1.807, 2.05) is 0 Å². The van der Waals surface area contributed by atoms with Gasteiger partial charge in [-0.3, -0.25) is 4.98 Å². The second-order valence-corrected chi connectivity index (χ2v) is 3.07. The van der Waals surface area contributed by atoms with Crippen LogP contribution in [0.2, 0.25) is 0 Å². The lowest BCUT2D eigenvalue weighted by molar-refractivity contribution is 0.0696. The maximum atomic E-state index is 10.3. The maximum Gasteiger partial charge on any atom is 0.337 e. The molecule has 0 unspecified atom stereocenters. The molecule has 0 aliphatic heterocycles. The number of rotatable bonds is 3. The van der Waals surface area contributed by atoms with Crippen molar-refractivity contribution in [1.82, 2.24) is 4.98 Å². The van der Waals surface area contributed by atoms with E-state index >= 15 is 0 Å². The molecule has 1 rings (SSSR count). The van der Waals surface area contributed by atoms with Crippen LogP contribution in [0, 0.1) is 0 Å². The summed E-state index contributed by atoms with van der Waals surface area (Å²) in [4.78, 5) is 24.2. The third-order valence-corrected chi connectivity index (χ3v) is 1.73. The van der Waals surface area contributed by atoms with Gasteiger partial charge in [0, 0.05) is 12.4 Å². The van der Waals surface area contributed by atoms with Crippen LogP contribution in [0.25, 0.3) is 0 Å². The first-order chi connectivity index (χ1) is 7.52. The lowest BCUT2D eigenvalue weighted by Gasteiger charge is -1.94. The molecule has 0 fully saturated rings. The Morgan fingerprint density at radius 1 is 1.06 bits per heavy atom. The Morgan fingerprint density at radius 3 is 1.69 bits per heavy atom. The summed E-state index contributed by atoms with van der Waals surface area (Å²) < 4.78 is 0. The highest BCUT2D eigenvalue weighted by Gasteiger charge is 2.07. The van der Waals surface area contributed by atoms with Crippen LogP contribution in [0.5, 0.6) is 0 Å². The van der Waals surface area contributed by atoms with Crippen LogP contribution in [-0.2, 0) is 0 Å². The monoisotopic (exact) mass is 225 g/mol. The van der Waals surface area contributed by atoms with E-state index in [1.54, 1.807) is 0 Å². The third kappa shape index (κ3) is 5.09. The van der Waals surface area contributed by atoms with Crippen molar-refractivity contribution in [2.24, 2.45) is 0 Å². The van der Waals surface area contributed by atoms with Crippen LogP contribution in [0.15, 0.2) is 18.5 Å². The van der Waals surface area contributed by atoms with Crippen molar-refractivity contribution in [2.75, 3.05) is 0 Å². The number of pyridine rings is 1. The number of carboxylic acids is 2. The second kappa shape index (κ2) is 7.39. The molecule has 0 aliphatic rings. The van der Waals surface area contributed by atoms with Crippen LogP contribution in [0.4, 0.5) is 0 Å². The predicted octanol–water partition coefficient (Wildman–Crippen LogP) is 2.28. The molecule has 5 heteroatoms. The van der Waals surface area contributed by atoms with Gasteiger partial charge in [0.25, 0.3) is 0 Å². The summed E-state index contributed by atoms with van der Waals surface area (Å²) in [5, 5.41) is 16.9. The Kier molecular flexibility index (Phi) is 6.51. The van der Waals surface area contributed by atoms with Crippen LogP contribution >= 0.6 is 0 Å². The van der Waals surface area contributed by atoms with E-state index in [0.29, 0.717) is 0 Å². The zero-order valence-corrected chi connectivity index (χ0v) is 9.30. The largest absolute Gasteiger partial charge is 0.478 e. The van der Waals surface area contributed by atoms with Gasteiger partial charge >= 0.3 is 11.9 Å². The standard InChI is InChI=1S/C7H5NO4.C4H10/c9-6(10)4-1-5(7(11)12)3-8-2-4;1-3-4-2/h1-3H,(H,9,10)(H,11,12);3-4H2,1-2H3. The number of carbonyl (C=O) groups is 2. The summed E-state index contributed by atoms with van der Waals surface area (Å²) in [6, 6.07) is 1.05. The number of aromatic carboxylic acids is 2. The first-order valence-corrected chi connectivity index (χ1v) is 4.94. The van der Waals surface area contributed by atoms with Crippen molar-refractivity contribution in [3.63, 3.8) is 0 Å². The average molecular weight is 225 g/mol. The molecule has 0 atom stereocenters. The minimum Gasteiger partial charge on any atom is -0.478 e. The molecule has 0 amide bonds. The topological polar surface area (TPSA) is 87.5 Å². The van der Waals surface area contributed by atoms with Gasteiger partial charge in [-0.05, 0) is 6.07 Å². The summed E-state index contributed by atoms with van der Waals surface area (Å²) in [6.45, 7) is 4.36. The van der Waals surface area contributed by atoms with Crippen LogP contribution < -0.4 is 0 Å². The number of nitrogens with zero attached hydrogens (tertiary/aromatic N) is 1. The molecule has 0 spiro atoms. The fraction of sp³-hybridized carbons (Fsp3) is 0.364. The molecule has 1 aromatic heterocycles. The van der Waals surface area contributed by atoms with Crippen molar-refractivity contribution in [1.29, 1.82) is 0 Å². The summed E-state index contributed by atoms with van der Waals surface area (Å²) in [7, 11) is 0. The summed E-state index contributed by atoms with van der Waals surface area (Å²) in [5.74, 6) is -2.38. The molecular formula is C11H15NO4. The number of carboxylic acid groups (broad SMARTS) is 2. The Balaban J connectivity index is 0.000000487. The Labute approximate surface area is 93.8 Å². The SMILES string of the molecule is CCCC.O=C(O)c1cncc(C(=O)O)c1. The molecule has 88 valence electrons. The van der Waals surface area contributed by atoms with E-state index < -0.39 is 11.9 Å². The van der Waals surface area contributed by atoms with Crippen molar-refractivity contribution in [3.05, 3.63) is 29.6 Å². The highest BCUT2D eigenvalue weighted by atomic mass is 16.4. The molecule has 0 bridgehead atoms. The number of aromatic nitrogens is 1. The molecule has 0 aromatic carbocycles. The average Bonchev–Trinajstić information content (AvgIpc) is 2.29. The molecule has 0 saturated carbocycles. The van der Waals surface area contributed by atoms with Gasteiger partial charge in [0.15, 0.2) is 0 Å². The third-order valence-electron chi connectivity index (χ3n) is 1.73. The molecule has 1 heterocycles. The zero-order valence-electron chi connectivity index (χ0n) is 9.30. The summed E-state index contributed by atoms with van der Waals surface area (Å²) in [6.07, 6.45) is 4.82. The first-order valence-electron chi connectivity index (χ1n) is 4.94. The first kappa shape index (κ1) is 14.1. The number of unbranched alkanes of at least 4 members (excludes halogenated alkanes) is 1. The molecule has 0 saturated heterocycles. The van der Waals surface area contributed by atoms with Gasteiger partial charge in [-0.15, -0.1) is 0 Å². The lowest BCUT2D eigenvalue weighted by Crippen LogP contribution is -2.02. The highest BCUT2D eigenvalue weighted by molar-refractivity contribution is 5.92. The fourth-order valence-electron chi connectivity index (χ4n) is 0.674. The van der Waals surface area contributed by atoms with E-state index in [1.165, 1.54) is 12.8 Å². The van der Waals surface area contributed by atoms with E-state index in [-0.39, 0.29) is 11.1 Å². The quantitative estimate of drug-likeness (QED) is 0.823. The van der Waals surface area contributed by atoms with Gasteiger partial charge < -0.3 is 10.2 Å². The molecule has 1 aromatic rings. The molecular weight excluding hydrogens is 210 g/mol. The van der Waals surface area contributed by atoms with Crippen molar-refractivity contribution in [3.8, 4) is 0 Å². The second-order valence-electron chi connectivity index (χ2n) is 3.07. The van der Waals surface area contributed by atoms with Gasteiger partial charge in [0.2, 0.25) is 0 Å². The Bertz CT molecular complexity index is 332. The smallest absolute Gasteiger partial charge is 0.337 e. The molecule has 0 radical (unpaired) electrons. The van der Waals surface area contributed by atoms with Gasteiger partial charge in [0.1, 0.15) is 0 Å². The predicted molar refractivity (Wildman–Crippen MR) is 58.7 cm³/mol. The number of hydrogen-bond donors (Lipinski definition) is 2. The van der Waals surface area contributed by atoms with E-state index in [0.717, 1.165) is 18.5 Å². The highest BCUT2D eigenvalue weighted by Crippen LogP contribution is 2.01. The van der Waals surface area contributed by atoms with Crippen LogP contribution in [0.3, 0.4) is 0 Å². The normalized spacial score (nSPS) is 8.88. The van der Waals surface area contributed by atoms with Crippen molar-refractivity contribution in [2.45, 2.75) is 26.7 Å². The van der Waals surface area contributed by atoms with Crippen LogP contribution in [-0.4, -0.2) is 27.1 Å². The lowest BCUT2D eigenvalue weighted by atomic mass is 10.2. The van der Waals surface area contributed by atoms with Crippen molar-refractivity contribution >= 4 is 11.9 Å². The fourth-order valence-corrected chi connectivity index (χ4v) is 0.674. The Hall–Kier alpha value is -1.91. The minimum absolute atomic E-state index is 0.130. The Morgan fingerprint density at radius 2 is 1.44 bits per heavy atom. The molecule has 5 nitrogen and oxygen atoms in total. The van der Waals surface area contributed by atoms with Gasteiger partial charge in [0.05, 0.1) is 11.1 Å². The van der Waals surface area contributed by atoms with Crippen LogP contribution in [0.1, 0.15) is 47.4 Å². The van der Waals surface area contributed by atoms with E-state index in [4.69, 9.17) is 10.2 Å².